The van der Waals surface area contributed by atoms with Gasteiger partial charge in [0.15, 0.2) is 5.75 Å². The van der Waals surface area contributed by atoms with Crippen LogP contribution in [0.1, 0.15) is 16.8 Å². The number of anilines is 1. The summed E-state index contributed by atoms with van der Waals surface area (Å²) in [6.45, 7) is 0. The van der Waals surface area contributed by atoms with Gasteiger partial charge in [0, 0.05) is 12.1 Å². The van der Waals surface area contributed by atoms with Crippen LogP contribution >= 0.6 is 0 Å². The van der Waals surface area contributed by atoms with Crippen LogP contribution in [-0.2, 0) is 9.59 Å². The Morgan fingerprint density at radius 3 is 2.17 bits per heavy atom. The number of benzene rings is 2. The molecule has 0 N–H and O–H groups in total. The number of fused-ring (bicyclic) bond motifs is 5. The number of nitro groups is 1. The molecule has 2 aliphatic carbocycles. The molecule has 8 nitrogen and oxygen atoms in total. The molecular weight excluding hydrogens is 388 g/mol. The van der Waals surface area contributed by atoms with Crippen LogP contribution < -0.4 is 9.64 Å². The molecule has 0 radical (unpaired) electrons. The highest BCUT2D eigenvalue weighted by Gasteiger charge is 2.59. The van der Waals surface area contributed by atoms with Gasteiger partial charge in [0.2, 0.25) is 11.8 Å². The lowest BCUT2D eigenvalue weighted by Crippen LogP contribution is -2.33. The molecule has 4 atom stereocenters. The number of imide groups is 1. The number of non-ortho nitro benzene ring substituents is 1. The van der Waals surface area contributed by atoms with Crippen molar-refractivity contribution in [3.05, 3.63) is 76.4 Å². The normalized spacial score (nSPS) is 26.2. The van der Waals surface area contributed by atoms with Crippen molar-refractivity contribution in [1.82, 2.24) is 0 Å². The second-order valence-electron chi connectivity index (χ2n) is 7.67. The molecule has 2 amide bonds. The number of hydrogen-bond donors (Lipinski definition) is 0. The molecule has 1 saturated heterocycles. The summed E-state index contributed by atoms with van der Waals surface area (Å²) in [5, 5.41) is 10.8. The molecular formula is C22H16N2O6. The Balaban J connectivity index is 1.42. The predicted octanol–water partition coefficient (Wildman–Crippen LogP) is 3.13. The highest BCUT2D eigenvalue weighted by Crippen LogP contribution is 2.53. The van der Waals surface area contributed by atoms with Gasteiger partial charge in [0.05, 0.1) is 28.0 Å². The van der Waals surface area contributed by atoms with E-state index in [4.69, 9.17) is 4.74 Å². The lowest BCUT2D eigenvalue weighted by molar-refractivity contribution is -0.384. The van der Waals surface area contributed by atoms with Crippen LogP contribution in [0.3, 0.4) is 0 Å². The Bertz CT molecular complexity index is 1090. The maximum atomic E-state index is 13.1. The maximum absolute atomic E-state index is 13.1. The van der Waals surface area contributed by atoms with E-state index < -0.39 is 10.9 Å². The zero-order chi connectivity index (χ0) is 21.0. The largest absolute Gasteiger partial charge is 0.421 e. The molecule has 2 fully saturated rings. The number of esters is 1. The van der Waals surface area contributed by atoms with E-state index in [9.17, 15) is 24.5 Å². The SMILES string of the molecule is O=C(Oc1ccccc1N1C(=O)[C@@H]2[C@H](C1=O)[C@@H]1C=C[C@H]2C1)c1ccc([N+](=O)[O-])cc1. The topological polar surface area (TPSA) is 107 Å². The van der Waals surface area contributed by atoms with E-state index in [1.807, 2.05) is 12.2 Å². The second kappa shape index (κ2) is 6.62. The third-order valence-electron chi connectivity index (χ3n) is 6.09. The third-order valence-corrected chi connectivity index (χ3v) is 6.09. The first kappa shape index (κ1) is 18.2. The summed E-state index contributed by atoms with van der Waals surface area (Å²) >= 11 is 0. The predicted molar refractivity (Wildman–Crippen MR) is 105 cm³/mol. The number of rotatable bonds is 4. The fourth-order valence-corrected chi connectivity index (χ4v) is 4.75. The van der Waals surface area contributed by atoms with Crippen molar-refractivity contribution in [1.29, 1.82) is 0 Å². The Morgan fingerprint density at radius 1 is 0.967 bits per heavy atom. The fraction of sp³-hybridized carbons (Fsp3) is 0.227. The number of carbonyl (C=O) groups is 3. The minimum atomic E-state index is -0.738. The molecule has 0 spiro atoms. The average Bonchev–Trinajstić information content (AvgIpc) is 3.42. The van der Waals surface area contributed by atoms with Crippen LogP contribution in [0.2, 0.25) is 0 Å². The van der Waals surface area contributed by atoms with Crippen molar-refractivity contribution < 1.29 is 24.0 Å². The first-order chi connectivity index (χ1) is 14.5. The van der Waals surface area contributed by atoms with E-state index in [0.717, 1.165) is 11.3 Å². The first-order valence-corrected chi connectivity index (χ1v) is 9.57. The summed E-state index contributed by atoms with van der Waals surface area (Å²) < 4.78 is 5.46. The van der Waals surface area contributed by atoms with Gasteiger partial charge in [-0.15, -0.1) is 0 Å². The van der Waals surface area contributed by atoms with Crippen molar-refractivity contribution >= 4 is 29.2 Å². The van der Waals surface area contributed by atoms with Gasteiger partial charge in [-0.25, -0.2) is 9.69 Å². The lowest BCUT2D eigenvalue weighted by atomic mass is 9.85. The number of hydrogen-bond acceptors (Lipinski definition) is 6. The number of nitro benzene ring substituents is 1. The summed E-state index contributed by atoms with van der Waals surface area (Å²) in [6.07, 6.45) is 4.86. The highest BCUT2D eigenvalue weighted by atomic mass is 16.6. The van der Waals surface area contributed by atoms with Gasteiger partial charge in [-0.1, -0.05) is 24.3 Å². The molecule has 1 aliphatic heterocycles. The van der Waals surface area contributed by atoms with Crippen molar-refractivity contribution in [3.8, 4) is 5.75 Å². The zero-order valence-corrected chi connectivity index (χ0v) is 15.6. The summed E-state index contributed by atoms with van der Waals surface area (Å²) in [5.41, 5.74) is 0.208. The molecule has 30 heavy (non-hydrogen) atoms. The summed E-state index contributed by atoms with van der Waals surface area (Å²) in [6, 6.07) is 11.4. The number of allylic oxidation sites excluding steroid dienone is 2. The summed E-state index contributed by atoms with van der Waals surface area (Å²) in [7, 11) is 0. The fourth-order valence-electron chi connectivity index (χ4n) is 4.75. The van der Waals surface area contributed by atoms with E-state index in [0.29, 0.717) is 0 Å². The van der Waals surface area contributed by atoms with Crippen molar-refractivity contribution in [2.24, 2.45) is 23.7 Å². The lowest BCUT2D eigenvalue weighted by Gasteiger charge is -2.20. The first-order valence-electron chi connectivity index (χ1n) is 9.57. The minimum Gasteiger partial charge on any atom is -0.421 e. The van der Waals surface area contributed by atoms with Crippen LogP contribution in [0.15, 0.2) is 60.7 Å². The molecule has 0 aromatic heterocycles. The molecule has 3 aliphatic rings. The number of nitrogens with zero attached hydrogens (tertiary/aromatic N) is 2. The molecule has 150 valence electrons. The number of para-hydroxylation sites is 2. The average molecular weight is 404 g/mol. The molecule has 2 aromatic rings. The van der Waals surface area contributed by atoms with E-state index in [1.165, 1.54) is 30.3 Å². The van der Waals surface area contributed by atoms with Gasteiger partial charge in [-0.05, 0) is 42.5 Å². The van der Waals surface area contributed by atoms with Crippen LogP contribution in [0.25, 0.3) is 0 Å². The van der Waals surface area contributed by atoms with Gasteiger partial charge >= 0.3 is 5.97 Å². The van der Waals surface area contributed by atoms with Gasteiger partial charge in [0.1, 0.15) is 0 Å². The standard InChI is InChI=1S/C22H16N2O6/c25-20-18-13-5-6-14(11-13)19(18)21(26)23(20)16-3-1-2-4-17(16)30-22(27)12-7-9-15(10-8-12)24(28)29/h1-10,13-14,18-19H,11H2/t13-,14+,18-,19+. The molecule has 1 saturated carbocycles. The monoisotopic (exact) mass is 404 g/mol. The van der Waals surface area contributed by atoms with Gasteiger partial charge in [-0.2, -0.15) is 0 Å². The Labute approximate surface area is 170 Å². The molecule has 1 heterocycles. The van der Waals surface area contributed by atoms with Crippen molar-refractivity contribution in [3.63, 3.8) is 0 Å². The van der Waals surface area contributed by atoms with E-state index >= 15 is 0 Å². The number of carbonyl (C=O) groups excluding carboxylic acids is 3. The van der Waals surface area contributed by atoms with Gasteiger partial charge in [0.25, 0.3) is 5.69 Å². The Hall–Kier alpha value is -3.81. The van der Waals surface area contributed by atoms with Crippen LogP contribution in [-0.4, -0.2) is 22.7 Å². The Morgan fingerprint density at radius 2 is 1.57 bits per heavy atom. The third kappa shape index (κ3) is 2.64. The minimum absolute atomic E-state index is 0.0799. The van der Waals surface area contributed by atoms with Crippen molar-refractivity contribution in [2.45, 2.75) is 6.42 Å². The highest BCUT2D eigenvalue weighted by molar-refractivity contribution is 6.23. The smallest absolute Gasteiger partial charge is 0.343 e. The molecule has 5 rings (SSSR count). The molecule has 0 unspecified atom stereocenters. The van der Waals surface area contributed by atoms with Crippen LogP contribution in [0.4, 0.5) is 11.4 Å². The number of ether oxygens (including phenoxy) is 1. The Kier molecular flexibility index (Phi) is 4.02. The number of amides is 2. The van der Waals surface area contributed by atoms with E-state index in [1.54, 1.807) is 18.2 Å². The quantitative estimate of drug-likeness (QED) is 0.194. The molecule has 2 bridgehead atoms. The molecule has 8 heteroatoms. The second-order valence-corrected chi connectivity index (χ2v) is 7.67. The van der Waals surface area contributed by atoms with Gasteiger partial charge in [-0.3, -0.25) is 19.7 Å². The van der Waals surface area contributed by atoms with Crippen LogP contribution in [0.5, 0.6) is 5.75 Å². The van der Waals surface area contributed by atoms with Crippen molar-refractivity contribution in [2.75, 3.05) is 4.90 Å². The van der Waals surface area contributed by atoms with Gasteiger partial charge < -0.3 is 4.74 Å². The van der Waals surface area contributed by atoms with E-state index in [2.05, 4.69) is 0 Å². The molecule has 2 aromatic carbocycles. The summed E-state index contributed by atoms with van der Waals surface area (Å²) in [4.78, 5) is 50.0. The maximum Gasteiger partial charge on any atom is 0.343 e. The summed E-state index contributed by atoms with van der Waals surface area (Å²) in [5.74, 6) is -1.73. The van der Waals surface area contributed by atoms with E-state index in [-0.39, 0.29) is 58.2 Å². The van der Waals surface area contributed by atoms with Crippen LogP contribution in [0, 0.1) is 33.8 Å². The zero-order valence-electron chi connectivity index (χ0n) is 15.6.